The van der Waals surface area contributed by atoms with Crippen LogP contribution in [0.2, 0.25) is 0 Å². The van der Waals surface area contributed by atoms with Gasteiger partial charge in [0.05, 0.1) is 34.4 Å². The fourth-order valence-electron chi connectivity index (χ4n) is 6.23. The van der Waals surface area contributed by atoms with Gasteiger partial charge in [-0.05, 0) is 57.8 Å². The number of quaternary nitrogens is 1. The van der Waals surface area contributed by atoms with Crippen molar-refractivity contribution in [3.05, 3.63) is 60.8 Å². The first-order chi connectivity index (χ1) is 28.1. The molecule has 0 saturated carbocycles. The lowest BCUT2D eigenvalue weighted by Gasteiger charge is -2.24. The molecule has 0 heterocycles. The molecular weight excluding hydrogens is 746 g/mol. The van der Waals surface area contributed by atoms with Gasteiger partial charge in [-0.3, -0.25) is 13.8 Å². The second-order valence-electron chi connectivity index (χ2n) is 16.8. The van der Waals surface area contributed by atoms with E-state index in [-0.39, 0.29) is 32.2 Å². The van der Waals surface area contributed by atoms with Crippen LogP contribution in [0.3, 0.4) is 0 Å². The molecule has 1 N–H and O–H groups in total. The zero-order chi connectivity index (χ0) is 42.7. The van der Waals surface area contributed by atoms with Gasteiger partial charge < -0.3 is 18.9 Å². The Labute approximate surface area is 358 Å². The largest absolute Gasteiger partial charge is 0.472 e. The summed E-state index contributed by atoms with van der Waals surface area (Å²) in [6, 6.07) is 0. The van der Waals surface area contributed by atoms with Crippen molar-refractivity contribution in [2.75, 3.05) is 54.1 Å². The lowest BCUT2D eigenvalue weighted by Crippen LogP contribution is -2.37. The highest BCUT2D eigenvalue weighted by Gasteiger charge is 2.26. The lowest BCUT2D eigenvalue weighted by atomic mass is 10.0. The van der Waals surface area contributed by atoms with E-state index in [0.29, 0.717) is 17.6 Å². The SMILES string of the molecule is CC/C=C\C/C=C\C/C=C\C/C=C\C/C=C\CCCCCC(=O)OC(COCCCCCCCCCCCCCCCCCCC)COP(=O)(O)OCC[N+](C)(C)C. The molecule has 2 unspecified atom stereocenters. The summed E-state index contributed by atoms with van der Waals surface area (Å²) >= 11 is 0. The molecule has 0 fully saturated rings. The third-order valence-electron chi connectivity index (χ3n) is 9.84. The minimum atomic E-state index is -4.29. The van der Waals surface area contributed by atoms with E-state index >= 15 is 0 Å². The van der Waals surface area contributed by atoms with E-state index in [1.807, 2.05) is 21.1 Å². The standard InChI is InChI=1S/C49H90NO7P/c1-6-8-10-12-14-16-18-20-22-24-25-26-28-30-32-34-36-38-40-42-49(51)57-48(47-56-58(52,53)55-45-43-50(3,4)5)46-54-44-41-39-37-35-33-31-29-27-23-21-19-17-15-13-11-9-7-2/h8,10,14,16,20,22,25-26,30,32,48H,6-7,9,11-13,15,17-19,21,23-24,27-29,31,33-47H2,1-5H3/p+1/b10-8-,16-14-,22-20-,26-25-,32-30-. The number of phosphoric acid groups is 1. The summed E-state index contributed by atoms with van der Waals surface area (Å²) in [5.41, 5.74) is 0. The lowest BCUT2D eigenvalue weighted by molar-refractivity contribution is -0.870. The number of phosphoric ester groups is 1. The van der Waals surface area contributed by atoms with Crippen molar-refractivity contribution in [1.29, 1.82) is 0 Å². The molecule has 0 spiro atoms. The van der Waals surface area contributed by atoms with Crippen LogP contribution in [-0.2, 0) is 27.9 Å². The average Bonchev–Trinajstić information content (AvgIpc) is 3.18. The number of rotatable bonds is 43. The van der Waals surface area contributed by atoms with Gasteiger partial charge in [0.2, 0.25) is 0 Å². The van der Waals surface area contributed by atoms with Crippen molar-refractivity contribution in [3.63, 3.8) is 0 Å². The maximum Gasteiger partial charge on any atom is 0.472 e. The van der Waals surface area contributed by atoms with E-state index in [2.05, 4.69) is 74.6 Å². The molecule has 58 heavy (non-hydrogen) atoms. The van der Waals surface area contributed by atoms with E-state index in [4.69, 9.17) is 18.5 Å². The number of nitrogens with zero attached hydrogens (tertiary/aromatic N) is 1. The number of hydrogen-bond acceptors (Lipinski definition) is 6. The summed E-state index contributed by atoms with van der Waals surface area (Å²) in [5.74, 6) is -0.344. The summed E-state index contributed by atoms with van der Waals surface area (Å²) in [6.45, 7) is 5.48. The number of carbonyl (C=O) groups excluding carboxylic acids is 1. The van der Waals surface area contributed by atoms with E-state index in [0.717, 1.165) is 70.6 Å². The first kappa shape index (κ1) is 56.2. The number of allylic oxidation sites excluding steroid dienone is 10. The fraction of sp³-hybridized carbons (Fsp3) is 0.776. The molecule has 0 aliphatic carbocycles. The summed E-state index contributed by atoms with van der Waals surface area (Å²) in [6.07, 6.45) is 52.6. The molecule has 0 rings (SSSR count). The van der Waals surface area contributed by atoms with Gasteiger partial charge in [-0.1, -0.05) is 184 Å². The molecule has 0 amide bonds. The second kappa shape index (κ2) is 41.9. The van der Waals surface area contributed by atoms with Crippen molar-refractivity contribution in [3.8, 4) is 0 Å². The summed E-state index contributed by atoms with van der Waals surface area (Å²) < 4.78 is 35.0. The first-order valence-electron chi connectivity index (χ1n) is 23.5. The maximum absolute atomic E-state index is 12.7. The van der Waals surface area contributed by atoms with Gasteiger partial charge in [-0.2, -0.15) is 0 Å². The Balaban J connectivity index is 4.27. The summed E-state index contributed by atoms with van der Waals surface area (Å²) in [5, 5.41) is 0. The Morgan fingerprint density at radius 2 is 1.00 bits per heavy atom. The van der Waals surface area contributed by atoms with Gasteiger partial charge in [0.15, 0.2) is 0 Å². The number of ether oxygens (including phenoxy) is 2. The molecule has 0 aliphatic heterocycles. The number of likely N-dealkylation sites (N-methyl/N-ethyl adjacent to an activating group) is 1. The van der Waals surface area contributed by atoms with E-state index in [1.54, 1.807) is 0 Å². The number of esters is 1. The van der Waals surface area contributed by atoms with Crippen LogP contribution in [-0.4, -0.2) is 75.6 Å². The Morgan fingerprint density at radius 1 is 0.552 bits per heavy atom. The summed E-state index contributed by atoms with van der Waals surface area (Å²) in [7, 11) is 1.64. The number of carbonyl (C=O) groups is 1. The monoisotopic (exact) mass is 837 g/mol. The van der Waals surface area contributed by atoms with Crippen LogP contribution in [0.25, 0.3) is 0 Å². The molecule has 0 saturated heterocycles. The van der Waals surface area contributed by atoms with Gasteiger partial charge >= 0.3 is 13.8 Å². The van der Waals surface area contributed by atoms with Crippen LogP contribution in [0.15, 0.2) is 60.8 Å². The number of hydrogen-bond donors (Lipinski definition) is 1. The fourth-order valence-corrected chi connectivity index (χ4v) is 6.97. The van der Waals surface area contributed by atoms with Gasteiger partial charge in [-0.15, -0.1) is 0 Å². The van der Waals surface area contributed by atoms with E-state index < -0.39 is 13.9 Å². The van der Waals surface area contributed by atoms with Gasteiger partial charge in [-0.25, -0.2) is 4.57 Å². The van der Waals surface area contributed by atoms with Crippen molar-refractivity contribution < 1.29 is 37.3 Å². The second-order valence-corrected chi connectivity index (χ2v) is 18.2. The predicted octanol–water partition coefficient (Wildman–Crippen LogP) is 14.1. The Morgan fingerprint density at radius 3 is 1.48 bits per heavy atom. The van der Waals surface area contributed by atoms with Crippen LogP contribution in [0.5, 0.6) is 0 Å². The smallest absolute Gasteiger partial charge is 0.457 e. The Bertz CT molecular complexity index is 1110. The third-order valence-corrected chi connectivity index (χ3v) is 10.8. The molecule has 338 valence electrons. The summed E-state index contributed by atoms with van der Waals surface area (Å²) in [4.78, 5) is 22.9. The Kier molecular flexibility index (Phi) is 40.6. The maximum atomic E-state index is 12.7. The van der Waals surface area contributed by atoms with E-state index in [9.17, 15) is 14.3 Å². The van der Waals surface area contributed by atoms with Gasteiger partial charge in [0, 0.05) is 13.0 Å². The van der Waals surface area contributed by atoms with Crippen LogP contribution >= 0.6 is 7.82 Å². The van der Waals surface area contributed by atoms with Crippen LogP contribution < -0.4 is 0 Å². The van der Waals surface area contributed by atoms with Crippen LogP contribution in [0.4, 0.5) is 0 Å². The molecular formula is C49H91NO7P+. The van der Waals surface area contributed by atoms with E-state index in [1.165, 1.54) is 96.3 Å². The van der Waals surface area contributed by atoms with Gasteiger partial charge in [0.1, 0.15) is 19.3 Å². The highest BCUT2D eigenvalue weighted by molar-refractivity contribution is 7.47. The first-order valence-corrected chi connectivity index (χ1v) is 25.0. The van der Waals surface area contributed by atoms with Crippen LogP contribution in [0, 0.1) is 0 Å². The van der Waals surface area contributed by atoms with Crippen molar-refractivity contribution in [2.45, 2.75) is 193 Å². The van der Waals surface area contributed by atoms with Crippen molar-refractivity contribution >= 4 is 13.8 Å². The Hall–Kier alpha value is -1.80. The highest BCUT2D eigenvalue weighted by Crippen LogP contribution is 2.43. The third kappa shape index (κ3) is 45.3. The van der Waals surface area contributed by atoms with Crippen molar-refractivity contribution in [1.82, 2.24) is 0 Å². The molecule has 0 aromatic rings. The molecule has 0 aromatic carbocycles. The molecule has 9 heteroatoms. The zero-order valence-corrected chi connectivity index (χ0v) is 39.2. The molecule has 0 aromatic heterocycles. The zero-order valence-electron chi connectivity index (χ0n) is 38.3. The molecule has 2 atom stereocenters. The van der Waals surface area contributed by atoms with Crippen LogP contribution in [0.1, 0.15) is 187 Å². The van der Waals surface area contributed by atoms with Gasteiger partial charge in [0.25, 0.3) is 0 Å². The van der Waals surface area contributed by atoms with Crippen molar-refractivity contribution in [2.24, 2.45) is 0 Å². The topological polar surface area (TPSA) is 91.3 Å². The normalized spacial score (nSPS) is 14.2. The molecule has 0 bridgehead atoms. The quantitative estimate of drug-likeness (QED) is 0.0215. The average molecular weight is 837 g/mol. The molecule has 0 aliphatic rings. The molecule has 0 radical (unpaired) electrons. The predicted molar refractivity (Wildman–Crippen MR) is 247 cm³/mol. The molecule has 8 nitrogen and oxygen atoms in total. The highest BCUT2D eigenvalue weighted by atomic mass is 31.2. The number of unbranched alkanes of at least 4 members (excludes halogenated alkanes) is 19. The minimum Gasteiger partial charge on any atom is -0.457 e. The minimum absolute atomic E-state index is 0.0805.